The van der Waals surface area contributed by atoms with Crippen molar-refractivity contribution < 1.29 is 5.11 Å². The first kappa shape index (κ1) is 10.5. The van der Waals surface area contributed by atoms with Crippen LogP contribution in [-0.2, 0) is 12.8 Å². The lowest BCUT2D eigenvalue weighted by Crippen LogP contribution is -2.18. The molecule has 0 saturated carbocycles. The Morgan fingerprint density at radius 1 is 1.47 bits per heavy atom. The van der Waals surface area contributed by atoms with Crippen LogP contribution in [0.4, 0.5) is 0 Å². The van der Waals surface area contributed by atoms with E-state index in [-0.39, 0.29) is 0 Å². The molecule has 1 aromatic rings. The Morgan fingerprint density at radius 3 is 3.00 bits per heavy atom. The van der Waals surface area contributed by atoms with E-state index in [1.54, 1.807) is 0 Å². The summed E-state index contributed by atoms with van der Waals surface area (Å²) in [5.74, 6) is 0.784. The number of aliphatic hydroxyl groups is 1. The lowest BCUT2D eigenvalue weighted by atomic mass is 9.91. The number of nitrogens with zero attached hydrogens (tertiary/aromatic N) is 2. The molecule has 1 aliphatic carbocycles. The highest BCUT2D eigenvalue weighted by Gasteiger charge is 2.23. The van der Waals surface area contributed by atoms with Gasteiger partial charge >= 0.3 is 0 Å². The standard InChI is InChI=1S/C11H17N3O/c1-7-13-8-3-2-4-10(15)11(8)9(14-7)5-6-12/h10,15H,2-6,12H2,1H3. The van der Waals surface area contributed by atoms with E-state index < -0.39 is 6.10 Å². The van der Waals surface area contributed by atoms with Gasteiger partial charge in [-0.15, -0.1) is 0 Å². The number of aromatic nitrogens is 2. The van der Waals surface area contributed by atoms with E-state index in [2.05, 4.69) is 9.97 Å². The number of fused-ring (bicyclic) bond motifs is 1. The molecule has 1 unspecified atom stereocenters. The summed E-state index contributed by atoms with van der Waals surface area (Å²) in [5, 5.41) is 9.94. The van der Waals surface area contributed by atoms with Gasteiger partial charge in [-0.1, -0.05) is 0 Å². The fraction of sp³-hybridized carbons (Fsp3) is 0.636. The molecule has 2 rings (SSSR count). The molecule has 1 atom stereocenters. The van der Waals surface area contributed by atoms with Crippen LogP contribution in [0.2, 0.25) is 0 Å². The van der Waals surface area contributed by atoms with Crippen molar-refractivity contribution in [1.29, 1.82) is 0 Å². The van der Waals surface area contributed by atoms with E-state index in [0.717, 1.165) is 48.5 Å². The van der Waals surface area contributed by atoms with Crippen molar-refractivity contribution in [2.75, 3.05) is 6.54 Å². The zero-order valence-corrected chi connectivity index (χ0v) is 9.03. The molecule has 1 aliphatic rings. The SMILES string of the molecule is Cc1nc(CCN)c2c(n1)CCCC2O. The first-order chi connectivity index (χ1) is 7.22. The number of hydrogen-bond acceptors (Lipinski definition) is 4. The van der Waals surface area contributed by atoms with Gasteiger partial charge in [0.25, 0.3) is 0 Å². The van der Waals surface area contributed by atoms with Gasteiger partial charge in [0, 0.05) is 12.0 Å². The third-order valence-corrected chi connectivity index (χ3v) is 2.82. The van der Waals surface area contributed by atoms with Crippen LogP contribution in [0.15, 0.2) is 0 Å². The molecule has 0 bridgehead atoms. The van der Waals surface area contributed by atoms with Crippen molar-refractivity contribution in [1.82, 2.24) is 9.97 Å². The Morgan fingerprint density at radius 2 is 2.27 bits per heavy atom. The van der Waals surface area contributed by atoms with Crippen LogP contribution < -0.4 is 5.73 Å². The quantitative estimate of drug-likeness (QED) is 0.747. The third-order valence-electron chi connectivity index (χ3n) is 2.82. The molecule has 0 spiro atoms. The van der Waals surface area contributed by atoms with Crippen molar-refractivity contribution in [3.8, 4) is 0 Å². The van der Waals surface area contributed by atoms with Gasteiger partial charge in [0.1, 0.15) is 5.82 Å². The minimum Gasteiger partial charge on any atom is -0.388 e. The predicted molar refractivity (Wildman–Crippen MR) is 57.4 cm³/mol. The molecule has 1 heterocycles. The number of aryl methyl sites for hydroxylation is 2. The molecule has 4 heteroatoms. The topological polar surface area (TPSA) is 72.0 Å². The lowest BCUT2D eigenvalue weighted by molar-refractivity contribution is 0.153. The lowest BCUT2D eigenvalue weighted by Gasteiger charge is -2.23. The molecule has 4 nitrogen and oxygen atoms in total. The summed E-state index contributed by atoms with van der Waals surface area (Å²) in [6.07, 6.45) is 3.11. The second-order valence-corrected chi connectivity index (χ2v) is 4.02. The molecular formula is C11H17N3O. The summed E-state index contributed by atoms with van der Waals surface area (Å²) in [6, 6.07) is 0. The van der Waals surface area contributed by atoms with Crippen LogP contribution >= 0.6 is 0 Å². The van der Waals surface area contributed by atoms with E-state index >= 15 is 0 Å². The maximum Gasteiger partial charge on any atom is 0.125 e. The van der Waals surface area contributed by atoms with E-state index in [1.165, 1.54) is 0 Å². The van der Waals surface area contributed by atoms with Gasteiger partial charge in [-0.3, -0.25) is 0 Å². The normalized spacial score (nSPS) is 20.1. The van der Waals surface area contributed by atoms with Crippen molar-refractivity contribution in [3.05, 3.63) is 22.8 Å². The van der Waals surface area contributed by atoms with Gasteiger partial charge in [0.05, 0.1) is 17.5 Å². The van der Waals surface area contributed by atoms with Crippen LogP contribution in [0, 0.1) is 6.92 Å². The maximum atomic E-state index is 9.94. The Balaban J connectivity index is 2.48. The Labute approximate surface area is 89.6 Å². The number of rotatable bonds is 2. The van der Waals surface area contributed by atoms with Gasteiger partial charge in [0.2, 0.25) is 0 Å². The maximum absolute atomic E-state index is 9.94. The second kappa shape index (κ2) is 4.24. The van der Waals surface area contributed by atoms with Gasteiger partial charge in [0.15, 0.2) is 0 Å². The Bertz CT molecular complexity index is 365. The third kappa shape index (κ3) is 2.01. The molecule has 3 N–H and O–H groups in total. The van der Waals surface area contributed by atoms with Crippen molar-refractivity contribution in [2.45, 2.75) is 38.7 Å². The van der Waals surface area contributed by atoms with E-state index in [4.69, 9.17) is 5.73 Å². The van der Waals surface area contributed by atoms with Crippen LogP contribution in [0.1, 0.15) is 41.7 Å². The largest absolute Gasteiger partial charge is 0.388 e. The predicted octanol–water partition coefficient (Wildman–Crippen LogP) is 0.656. The molecule has 0 fully saturated rings. The molecular weight excluding hydrogens is 190 g/mol. The molecule has 15 heavy (non-hydrogen) atoms. The van der Waals surface area contributed by atoms with Gasteiger partial charge in [-0.25, -0.2) is 9.97 Å². The molecule has 1 aromatic heterocycles. The molecule has 82 valence electrons. The molecule has 0 aromatic carbocycles. The highest BCUT2D eigenvalue weighted by molar-refractivity contribution is 5.30. The molecule has 0 amide bonds. The monoisotopic (exact) mass is 207 g/mol. The van der Waals surface area contributed by atoms with Crippen molar-refractivity contribution in [3.63, 3.8) is 0 Å². The zero-order valence-electron chi connectivity index (χ0n) is 9.03. The zero-order chi connectivity index (χ0) is 10.8. The highest BCUT2D eigenvalue weighted by Crippen LogP contribution is 2.30. The Kier molecular flexibility index (Phi) is 2.98. The van der Waals surface area contributed by atoms with E-state index in [9.17, 15) is 5.11 Å². The van der Waals surface area contributed by atoms with Crippen LogP contribution in [0.3, 0.4) is 0 Å². The average Bonchev–Trinajstić information content (AvgIpc) is 2.17. The Hall–Kier alpha value is -1.00. The van der Waals surface area contributed by atoms with Gasteiger partial charge in [-0.05, 0) is 32.7 Å². The number of hydrogen-bond donors (Lipinski definition) is 2. The smallest absolute Gasteiger partial charge is 0.125 e. The van der Waals surface area contributed by atoms with Crippen molar-refractivity contribution in [2.24, 2.45) is 5.73 Å². The van der Waals surface area contributed by atoms with Gasteiger partial charge in [-0.2, -0.15) is 0 Å². The summed E-state index contributed by atoms with van der Waals surface area (Å²) >= 11 is 0. The van der Waals surface area contributed by atoms with Gasteiger partial charge < -0.3 is 10.8 Å². The van der Waals surface area contributed by atoms with Crippen molar-refractivity contribution >= 4 is 0 Å². The number of aliphatic hydroxyl groups excluding tert-OH is 1. The first-order valence-electron chi connectivity index (χ1n) is 5.46. The second-order valence-electron chi connectivity index (χ2n) is 4.02. The van der Waals surface area contributed by atoms with E-state index in [0.29, 0.717) is 6.54 Å². The highest BCUT2D eigenvalue weighted by atomic mass is 16.3. The molecule has 0 saturated heterocycles. The fourth-order valence-electron chi connectivity index (χ4n) is 2.21. The number of nitrogens with two attached hydrogens (primary N) is 1. The average molecular weight is 207 g/mol. The molecule has 0 aliphatic heterocycles. The fourth-order valence-corrected chi connectivity index (χ4v) is 2.21. The van der Waals surface area contributed by atoms with Crippen LogP contribution in [-0.4, -0.2) is 21.6 Å². The minimum absolute atomic E-state index is 0.393. The molecule has 0 radical (unpaired) electrons. The summed E-state index contributed by atoms with van der Waals surface area (Å²) in [4.78, 5) is 8.77. The summed E-state index contributed by atoms with van der Waals surface area (Å²) in [7, 11) is 0. The van der Waals surface area contributed by atoms with Crippen LogP contribution in [0.25, 0.3) is 0 Å². The summed E-state index contributed by atoms with van der Waals surface area (Å²) in [5.41, 5.74) is 8.44. The minimum atomic E-state index is -0.393. The summed E-state index contributed by atoms with van der Waals surface area (Å²) in [6.45, 7) is 2.46. The summed E-state index contributed by atoms with van der Waals surface area (Å²) < 4.78 is 0. The van der Waals surface area contributed by atoms with Crippen LogP contribution in [0.5, 0.6) is 0 Å². The first-order valence-corrected chi connectivity index (χ1v) is 5.46. The van der Waals surface area contributed by atoms with E-state index in [1.807, 2.05) is 6.92 Å².